The second-order valence-electron chi connectivity index (χ2n) is 7.62. The van der Waals surface area contributed by atoms with E-state index in [0.29, 0.717) is 24.5 Å². The molecule has 2 amide bonds. The van der Waals surface area contributed by atoms with Crippen LogP contribution in [0.1, 0.15) is 28.7 Å². The Morgan fingerprint density at radius 1 is 0.931 bits per heavy atom. The standard InChI is InChI=1S/C23H28N2O4/c1-13-8-14(2)21(15(3)9-13)25-23(27)18-11-17(18)22(26)24-12-16-6-7-19(28-4)20(10-16)29-5/h6-10,17-18H,11-12H2,1-5H3,(H,24,26)(H,25,27). The first kappa shape index (κ1) is 20.7. The summed E-state index contributed by atoms with van der Waals surface area (Å²) in [6.45, 7) is 6.37. The summed E-state index contributed by atoms with van der Waals surface area (Å²) in [7, 11) is 3.16. The molecule has 6 nitrogen and oxygen atoms in total. The van der Waals surface area contributed by atoms with Gasteiger partial charge in [-0.1, -0.05) is 23.8 Å². The zero-order valence-corrected chi connectivity index (χ0v) is 17.6. The number of rotatable bonds is 7. The van der Waals surface area contributed by atoms with Gasteiger partial charge in [0.2, 0.25) is 11.8 Å². The molecule has 3 rings (SSSR count). The van der Waals surface area contributed by atoms with Crippen LogP contribution in [0.3, 0.4) is 0 Å². The van der Waals surface area contributed by atoms with E-state index in [1.807, 2.05) is 45.0 Å². The Bertz CT molecular complexity index is 915. The van der Waals surface area contributed by atoms with E-state index < -0.39 is 0 Å². The first-order valence-corrected chi connectivity index (χ1v) is 9.71. The lowest BCUT2D eigenvalue weighted by Crippen LogP contribution is -2.27. The van der Waals surface area contributed by atoms with Crippen molar-refractivity contribution in [1.82, 2.24) is 5.32 Å². The van der Waals surface area contributed by atoms with Crippen molar-refractivity contribution >= 4 is 17.5 Å². The van der Waals surface area contributed by atoms with Crippen molar-refractivity contribution in [2.75, 3.05) is 19.5 Å². The molecule has 0 bridgehead atoms. The van der Waals surface area contributed by atoms with Crippen molar-refractivity contribution in [3.63, 3.8) is 0 Å². The Morgan fingerprint density at radius 2 is 1.55 bits per heavy atom. The third-order valence-electron chi connectivity index (χ3n) is 5.30. The molecular weight excluding hydrogens is 368 g/mol. The molecule has 6 heteroatoms. The minimum absolute atomic E-state index is 0.0914. The predicted octanol–water partition coefficient (Wildman–Crippen LogP) is 3.52. The van der Waals surface area contributed by atoms with Gasteiger partial charge in [0, 0.05) is 12.2 Å². The number of carbonyl (C=O) groups excluding carboxylic acids is 2. The summed E-state index contributed by atoms with van der Waals surface area (Å²) in [5, 5.41) is 5.92. The molecule has 154 valence electrons. The number of hydrogen-bond donors (Lipinski definition) is 2. The summed E-state index contributed by atoms with van der Waals surface area (Å²) in [6, 6.07) is 9.60. The molecule has 2 atom stereocenters. The molecule has 0 saturated heterocycles. The van der Waals surface area contributed by atoms with Crippen LogP contribution in [-0.4, -0.2) is 26.0 Å². The predicted molar refractivity (Wildman–Crippen MR) is 112 cm³/mol. The van der Waals surface area contributed by atoms with E-state index in [2.05, 4.69) is 10.6 Å². The smallest absolute Gasteiger partial charge is 0.228 e. The van der Waals surface area contributed by atoms with Crippen LogP contribution < -0.4 is 20.1 Å². The summed E-state index contributed by atoms with van der Waals surface area (Å²) < 4.78 is 10.5. The number of carbonyl (C=O) groups is 2. The number of amides is 2. The van der Waals surface area contributed by atoms with E-state index in [0.717, 1.165) is 27.9 Å². The van der Waals surface area contributed by atoms with Crippen molar-refractivity contribution in [2.45, 2.75) is 33.7 Å². The highest BCUT2D eigenvalue weighted by Gasteiger charge is 2.48. The molecule has 0 spiro atoms. The zero-order chi connectivity index (χ0) is 21.1. The van der Waals surface area contributed by atoms with Crippen molar-refractivity contribution in [3.05, 3.63) is 52.6 Å². The lowest BCUT2D eigenvalue weighted by molar-refractivity contribution is -0.125. The first-order valence-electron chi connectivity index (χ1n) is 9.71. The van der Waals surface area contributed by atoms with Crippen molar-refractivity contribution in [3.8, 4) is 11.5 Å². The van der Waals surface area contributed by atoms with Crippen LogP contribution in [0, 0.1) is 32.6 Å². The fourth-order valence-electron chi connectivity index (χ4n) is 3.68. The Morgan fingerprint density at radius 3 is 2.17 bits per heavy atom. The molecule has 0 radical (unpaired) electrons. The Kier molecular flexibility index (Phi) is 6.11. The first-order chi connectivity index (χ1) is 13.8. The van der Waals surface area contributed by atoms with Crippen LogP contribution in [-0.2, 0) is 16.1 Å². The molecule has 0 aromatic heterocycles. The van der Waals surface area contributed by atoms with Crippen LogP contribution in [0.25, 0.3) is 0 Å². The highest BCUT2D eigenvalue weighted by Crippen LogP contribution is 2.40. The second kappa shape index (κ2) is 8.55. The van der Waals surface area contributed by atoms with Gasteiger partial charge in [-0.3, -0.25) is 9.59 Å². The summed E-state index contributed by atoms with van der Waals surface area (Å²) in [5.41, 5.74) is 4.98. The summed E-state index contributed by atoms with van der Waals surface area (Å²) >= 11 is 0. The maximum Gasteiger partial charge on any atom is 0.228 e. The number of methoxy groups -OCH3 is 2. The van der Waals surface area contributed by atoms with Gasteiger partial charge in [-0.15, -0.1) is 0 Å². The molecule has 1 aliphatic carbocycles. The average molecular weight is 396 g/mol. The van der Waals surface area contributed by atoms with Gasteiger partial charge in [-0.2, -0.15) is 0 Å². The van der Waals surface area contributed by atoms with Crippen LogP contribution >= 0.6 is 0 Å². The molecule has 1 fully saturated rings. The molecular formula is C23H28N2O4. The monoisotopic (exact) mass is 396 g/mol. The fourth-order valence-corrected chi connectivity index (χ4v) is 3.68. The lowest BCUT2D eigenvalue weighted by Gasteiger charge is -2.13. The van der Waals surface area contributed by atoms with Gasteiger partial charge in [-0.25, -0.2) is 0 Å². The highest BCUT2D eigenvalue weighted by atomic mass is 16.5. The van der Waals surface area contributed by atoms with E-state index in [9.17, 15) is 9.59 Å². The van der Waals surface area contributed by atoms with Crippen LogP contribution in [0.2, 0.25) is 0 Å². The fraction of sp³-hybridized carbons (Fsp3) is 0.391. The lowest BCUT2D eigenvalue weighted by atomic mass is 10.0. The quantitative estimate of drug-likeness (QED) is 0.751. The third kappa shape index (κ3) is 4.70. The van der Waals surface area contributed by atoms with Gasteiger partial charge in [0.15, 0.2) is 11.5 Å². The second-order valence-corrected chi connectivity index (χ2v) is 7.62. The largest absolute Gasteiger partial charge is 0.493 e. The molecule has 1 saturated carbocycles. The zero-order valence-electron chi connectivity index (χ0n) is 17.6. The van der Waals surface area contributed by atoms with Gasteiger partial charge in [0.25, 0.3) is 0 Å². The number of nitrogens with one attached hydrogen (secondary N) is 2. The normalized spacial score (nSPS) is 17.4. The summed E-state index contributed by atoms with van der Waals surface area (Å²) in [6.07, 6.45) is 0.577. The Balaban J connectivity index is 1.55. The van der Waals surface area contributed by atoms with E-state index in [-0.39, 0.29) is 23.7 Å². The maximum atomic E-state index is 12.6. The minimum Gasteiger partial charge on any atom is -0.493 e. The average Bonchev–Trinajstić information content (AvgIpc) is 3.49. The molecule has 0 heterocycles. The topological polar surface area (TPSA) is 76.7 Å². The Labute approximate surface area is 171 Å². The molecule has 2 aromatic rings. The number of benzene rings is 2. The van der Waals surface area contributed by atoms with Crippen LogP contribution in [0.5, 0.6) is 11.5 Å². The van der Waals surface area contributed by atoms with Crippen LogP contribution in [0.15, 0.2) is 30.3 Å². The number of ether oxygens (including phenoxy) is 2. The number of anilines is 1. The number of aryl methyl sites for hydroxylation is 3. The van der Waals surface area contributed by atoms with E-state index >= 15 is 0 Å². The van der Waals surface area contributed by atoms with Gasteiger partial charge in [0.1, 0.15) is 0 Å². The molecule has 0 aliphatic heterocycles. The summed E-state index contributed by atoms with van der Waals surface area (Å²) in [4.78, 5) is 25.0. The SMILES string of the molecule is COc1ccc(CNC(=O)C2CC2C(=O)Nc2c(C)cc(C)cc2C)cc1OC. The highest BCUT2D eigenvalue weighted by molar-refractivity contribution is 6.00. The number of hydrogen-bond acceptors (Lipinski definition) is 4. The maximum absolute atomic E-state index is 12.6. The van der Waals surface area contributed by atoms with Gasteiger partial charge in [0.05, 0.1) is 26.1 Å². The molecule has 1 aliphatic rings. The minimum atomic E-state index is -0.277. The molecule has 29 heavy (non-hydrogen) atoms. The van der Waals surface area contributed by atoms with Crippen LogP contribution in [0.4, 0.5) is 5.69 Å². The van der Waals surface area contributed by atoms with Crippen molar-refractivity contribution in [1.29, 1.82) is 0 Å². The Hall–Kier alpha value is -3.02. The third-order valence-corrected chi connectivity index (χ3v) is 5.30. The van der Waals surface area contributed by atoms with E-state index in [1.54, 1.807) is 20.3 Å². The van der Waals surface area contributed by atoms with Crippen molar-refractivity contribution < 1.29 is 19.1 Å². The summed E-state index contributed by atoms with van der Waals surface area (Å²) in [5.74, 6) is 0.514. The molecule has 2 unspecified atom stereocenters. The molecule has 2 N–H and O–H groups in total. The van der Waals surface area contributed by atoms with E-state index in [1.165, 1.54) is 0 Å². The molecule has 2 aromatic carbocycles. The van der Waals surface area contributed by atoms with Crippen molar-refractivity contribution in [2.24, 2.45) is 11.8 Å². The van der Waals surface area contributed by atoms with Gasteiger partial charge < -0.3 is 20.1 Å². The van der Waals surface area contributed by atoms with Gasteiger partial charge >= 0.3 is 0 Å². The van der Waals surface area contributed by atoms with Gasteiger partial charge in [-0.05, 0) is 56.0 Å². The van der Waals surface area contributed by atoms with E-state index in [4.69, 9.17) is 9.47 Å².